The molecule has 1 aliphatic heterocycles. The number of hydrogen-bond acceptors (Lipinski definition) is 3. The van der Waals surface area contributed by atoms with E-state index in [0.717, 1.165) is 31.2 Å². The van der Waals surface area contributed by atoms with Crippen molar-refractivity contribution in [1.29, 1.82) is 0 Å². The lowest BCUT2D eigenvalue weighted by atomic mass is 9.90. The molecule has 0 saturated heterocycles. The maximum atomic E-state index is 11.8. The Kier molecular flexibility index (Phi) is 8.93. The number of rotatable bonds is 6. The molecule has 128 valence electrons. The van der Waals surface area contributed by atoms with Crippen molar-refractivity contribution in [2.24, 2.45) is 4.99 Å². The molecule has 1 amide bonds. The monoisotopic (exact) mass is 432 g/mol. The third kappa shape index (κ3) is 5.98. The van der Waals surface area contributed by atoms with E-state index in [-0.39, 0.29) is 35.8 Å². The first kappa shape index (κ1) is 19.7. The topological polar surface area (TPSA) is 74.8 Å². The van der Waals surface area contributed by atoms with Crippen LogP contribution in [0.1, 0.15) is 24.3 Å². The number of anilines is 1. The van der Waals surface area contributed by atoms with Crippen LogP contribution in [0.3, 0.4) is 0 Å². The number of ether oxygens (including phenoxy) is 1. The average Bonchev–Trinajstić information content (AvgIpc) is 2.54. The van der Waals surface area contributed by atoms with Crippen molar-refractivity contribution in [2.75, 3.05) is 39.2 Å². The van der Waals surface area contributed by atoms with E-state index in [1.165, 1.54) is 5.56 Å². The Labute approximate surface area is 154 Å². The molecule has 1 atom stereocenters. The van der Waals surface area contributed by atoms with Crippen LogP contribution in [0.25, 0.3) is 0 Å². The highest BCUT2D eigenvalue weighted by atomic mass is 127. The largest absolute Gasteiger partial charge is 0.385 e. The lowest BCUT2D eigenvalue weighted by molar-refractivity contribution is -0.116. The average molecular weight is 432 g/mol. The molecule has 0 spiro atoms. The van der Waals surface area contributed by atoms with Crippen molar-refractivity contribution in [3.05, 3.63) is 29.8 Å². The number of carbonyl (C=O) groups excluding carboxylic acids is 1. The highest BCUT2D eigenvalue weighted by molar-refractivity contribution is 14.0. The van der Waals surface area contributed by atoms with Crippen LogP contribution in [-0.4, -0.2) is 45.7 Å². The number of aliphatic imine (C=N–C) groups is 1. The molecule has 7 heteroatoms. The molecule has 1 aliphatic rings. The van der Waals surface area contributed by atoms with Crippen LogP contribution >= 0.6 is 24.0 Å². The Morgan fingerprint density at radius 1 is 1.39 bits per heavy atom. The first-order valence-electron chi connectivity index (χ1n) is 7.57. The van der Waals surface area contributed by atoms with Gasteiger partial charge in [0.25, 0.3) is 0 Å². The Balaban J connectivity index is 0.00000264. The number of carbonyl (C=O) groups is 1. The summed E-state index contributed by atoms with van der Waals surface area (Å²) in [4.78, 5) is 16.0. The number of amides is 1. The van der Waals surface area contributed by atoms with Crippen LogP contribution in [-0.2, 0) is 9.53 Å². The van der Waals surface area contributed by atoms with Crippen molar-refractivity contribution in [2.45, 2.75) is 18.8 Å². The fourth-order valence-corrected chi connectivity index (χ4v) is 2.55. The van der Waals surface area contributed by atoms with Gasteiger partial charge in [-0.15, -0.1) is 24.0 Å². The molecule has 0 radical (unpaired) electrons. The number of fused-ring (bicyclic) bond motifs is 1. The molecule has 6 nitrogen and oxygen atoms in total. The second-order valence-electron chi connectivity index (χ2n) is 5.26. The Bertz CT molecular complexity index is 537. The fourth-order valence-electron chi connectivity index (χ4n) is 2.55. The second-order valence-corrected chi connectivity index (χ2v) is 5.26. The number of para-hydroxylation sites is 1. The van der Waals surface area contributed by atoms with E-state index < -0.39 is 0 Å². The maximum Gasteiger partial charge on any atom is 0.225 e. The maximum absolute atomic E-state index is 11.8. The summed E-state index contributed by atoms with van der Waals surface area (Å²) in [5.41, 5.74) is 2.08. The molecule has 0 saturated carbocycles. The van der Waals surface area contributed by atoms with Gasteiger partial charge in [0.05, 0.1) is 0 Å². The molecule has 0 fully saturated rings. The van der Waals surface area contributed by atoms with E-state index in [1.807, 2.05) is 18.2 Å². The first-order chi connectivity index (χ1) is 10.7. The molecule has 1 heterocycles. The van der Waals surface area contributed by atoms with E-state index in [0.29, 0.717) is 13.0 Å². The standard InChI is InChI=1S/C16H24N4O2.HI/c1-17-16(18-8-5-9-22-2)19-11-12-10-15(21)20-14-7-4-3-6-13(12)14;/h3-4,6-7,12H,5,8-11H2,1-2H3,(H,20,21)(H2,17,18,19);1H. The van der Waals surface area contributed by atoms with Crippen LogP contribution in [0.5, 0.6) is 0 Å². The van der Waals surface area contributed by atoms with Crippen molar-refractivity contribution in [3.63, 3.8) is 0 Å². The molecular formula is C16H25IN4O2. The van der Waals surface area contributed by atoms with Gasteiger partial charge in [0.1, 0.15) is 0 Å². The van der Waals surface area contributed by atoms with Gasteiger partial charge in [-0.2, -0.15) is 0 Å². The van der Waals surface area contributed by atoms with Gasteiger partial charge in [0, 0.05) is 51.9 Å². The number of hydrogen-bond donors (Lipinski definition) is 3. The number of benzene rings is 1. The summed E-state index contributed by atoms with van der Waals surface area (Å²) in [6.07, 6.45) is 1.41. The zero-order valence-electron chi connectivity index (χ0n) is 13.6. The van der Waals surface area contributed by atoms with Gasteiger partial charge >= 0.3 is 0 Å². The van der Waals surface area contributed by atoms with E-state index in [4.69, 9.17) is 4.74 Å². The zero-order chi connectivity index (χ0) is 15.8. The summed E-state index contributed by atoms with van der Waals surface area (Å²) < 4.78 is 5.02. The normalized spacial score (nSPS) is 16.9. The number of methoxy groups -OCH3 is 1. The second kappa shape index (κ2) is 10.4. The van der Waals surface area contributed by atoms with Crippen LogP contribution in [0, 0.1) is 0 Å². The quantitative estimate of drug-likeness (QED) is 0.278. The van der Waals surface area contributed by atoms with Gasteiger partial charge in [-0.1, -0.05) is 18.2 Å². The van der Waals surface area contributed by atoms with E-state index >= 15 is 0 Å². The third-order valence-corrected chi connectivity index (χ3v) is 3.66. The van der Waals surface area contributed by atoms with Gasteiger partial charge in [-0.05, 0) is 18.1 Å². The van der Waals surface area contributed by atoms with Crippen LogP contribution in [0.4, 0.5) is 5.69 Å². The first-order valence-corrected chi connectivity index (χ1v) is 7.57. The minimum absolute atomic E-state index is 0. The molecular weight excluding hydrogens is 407 g/mol. The van der Waals surface area contributed by atoms with Crippen LogP contribution in [0.15, 0.2) is 29.3 Å². The van der Waals surface area contributed by atoms with Crippen molar-refractivity contribution in [3.8, 4) is 0 Å². The minimum atomic E-state index is 0. The van der Waals surface area contributed by atoms with E-state index in [9.17, 15) is 4.79 Å². The smallest absolute Gasteiger partial charge is 0.225 e. The van der Waals surface area contributed by atoms with Crippen molar-refractivity contribution < 1.29 is 9.53 Å². The van der Waals surface area contributed by atoms with Crippen LogP contribution in [0.2, 0.25) is 0 Å². The fraction of sp³-hybridized carbons (Fsp3) is 0.500. The summed E-state index contributed by atoms with van der Waals surface area (Å²) in [7, 11) is 3.44. The van der Waals surface area contributed by atoms with Crippen molar-refractivity contribution >= 4 is 41.5 Å². The predicted octanol–water partition coefficient (Wildman–Crippen LogP) is 1.93. The number of nitrogens with one attached hydrogen (secondary N) is 3. The Morgan fingerprint density at radius 2 is 2.17 bits per heavy atom. The number of halogens is 1. The Hall–Kier alpha value is -1.35. The van der Waals surface area contributed by atoms with Crippen LogP contribution < -0.4 is 16.0 Å². The number of guanidine groups is 1. The molecule has 0 bridgehead atoms. The van der Waals surface area contributed by atoms with Gasteiger partial charge < -0.3 is 20.7 Å². The summed E-state index contributed by atoms with van der Waals surface area (Å²) in [6.45, 7) is 2.20. The molecule has 2 rings (SSSR count). The lowest BCUT2D eigenvalue weighted by Crippen LogP contribution is -2.41. The molecule has 3 N–H and O–H groups in total. The van der Waals surface area contributed by atoms with Gasteiger partial charge in [-0.25, -0.2) is 0 Å². The predicted molar refractivity (Wildman–Crippen MR) is 104 cm³/mol. The number of nitrogens with zero attached hydrogens (tertiary/aromatic N) is 1. The van der Waals surface area contributed by atoms with E-state index in [2.05, 4.69) is 27.0 Å². The zero-order valence-corrected chi connectivity index (χ0v) is 15.9. The molecule has 0 aliphatic carbocycles. The van der Waals surface area contributed by atoms with Crippen molar-refractivity contribution in [1.82, 2.24) is 10.6 Å². The molecule has 23 heavy (non-hydrogen) atoms. The molecule has 1 unspecified atom stereocenters. The summed E-state index contributed by atoms with van der Waals surface area (Å²) in [6, 6.07) is 7.94. The van der Waals surface area contributed by atoms with E-state index in [1.54, 1.807) is 14.2 Å². The summed E-state index contributed by atoms with van der Waals surface area (Å²) in [5.74, 6) is 0.968. The summed E-state index contributed by atoms with van der Waals surface area (Å²) in [5, 5.41) is 9.45. The molecule has 1 aromatic rings. The molecule has 0 aromatic heterocycles. The lowest BCUT2D eigenvalue weighted by Gasteiger charge is -2.26. The Morgan fingerprint density at radius 3 is 2.91 bits per heavy atom. The highest BCUT2D eigenvalue weighted by Crippen LogP contribution is 2.31. The third-order valence-electron chi connectivity index (χ3n) is 3.66. The minimum Gasteiger partial charge on any atom is -0.385 e. The van der Waals surface area contributed by atoms with Gasteiger partial charge in [-0.3, -0.25) is 9.79 Å². The molecule has 1 aromatic carbocycles. The van der Waals surface area contributed by atoms with Gasteiger partial charge in [0.2, 0.25) is 5.91 Å². The highest BCUT2D eigenvalue weighted by Gasteiger charge is 2.24. The SMILES string of the molecule is CN=C(NCCCOC)NCC1CC(=O)Nc2ccccc21.I. The van der Waals surface area contributed by atoms with Gasteiger partial charge in [0.15, 0.2) is 5.96 Å². The summed E-state index contributed by atoms with van der Waals surface area (Å²) >= 11 is 0.